The van der Waals surface area contributed by atoms with E-state index >= 15 is 0 Å². The van der Waals surface area contributed by atoms with Gasteiger partial charge in [0.2, 0.25) is 0 Å². The predicted molar refractivity (Wildman–Crippen MR) is 94.7 cm³/mol. The molecule has 0 saturated heterocycles. The van der Waals surface area contributed by atoms with Gasteiger partial charge in [-0.15, -0.1) is 0 Å². The van der Waals surface area contributed by atoms with Crippen LogP contribution in [0.5, 0.6) is 0 Å². The van der Waals surface area contributed by atoms with Gasteiger partial charge in [-0.1, -0.05) is 36.8 Å². The van der Waals surface area contributed by atoms with Crippen LogP contribution in [0.1, 0.15) is 30.3 Å². The van der Waals surface area contributed by atoms with E-state index < -0.39 is 21.2 Å². The summed E-state index contributed by atoms with van der Waals surface area (Å²) in [6, 6.07) is 4.97. The van der Waals surface area contributed by atoms with Gasteiger partial charge in [0.25, 0.3) is 15.9 Å². The number of allylic oxidation sites excluding steroid dienone is 3. The number of rotatable bonds is 5. The zero-order valence-electron chi connectivity index (χ0n) is 13.7. The molecule has 1 aliphatic rings. The molecule has 2 heterocycles. The summed E-state index contributed by atoms with van der Waals surface area (Å²) in [5.74, 6) is -0.425. The number of hydrogen-bond acceptors (Lipinski definition) is 5. The normalized spacial score (nSPS) is 17.2. The van der Waals surface area contributed by atoms with E-state index in [0.29, 0.717) is 12.1 Å². The fraction of sp³-hybridized carbons (Fsp3) is 0.235. The molecule has 1 unspecified atom stereocenters. The number of hydrogen-bond donors (Lipinski definition) is 1. The van der Waals surface area contributed by atoms with Crippen LogP contribution in [0.25, 0.3) is 0 Å². The third kappa shape index (κ3) is 3.69. The highest BCUT2D eigenvalue weighted by molar-refractivity contribution is 7.90. The van der Waals surface area contributed by atoms with E-state index in [1.807, 2.05) is 19.1 Å². The van der Waals surface area contributed by atoms with Crippen LogP contribution >= 0.6 is 0 Å². The average Bonchev–Trinajstić information content (AvgIpc) is 3.12. The molecule has 1 amide bonds. The Morgan fingerprint density at radius 1 is 1.40 bits per heavy atom. The first-order chi connectivity index (χ1) is 12.0. The summed E-state index contributed by atoms with van der Waals surface area (Å²) >= 11 is 0. The Morgan fingerprint density at radius 3 is 2.88 bits per heavy atom. The molecule has 0 saturated carbocycles. The standard InChI is InChI=1S/C17H18N4O3S/c1-2-13-6-8-15(9-7-13)25(23,24)21-12-14(11-19-21)20-17(22)16-5-3-4-10-18-16/h3-8,10-12,15H,2,9H2,1H3,(H,20,22). The summed E-state index contributed by atoms with van der Waals surface area (Å²) in [4.78, 5) is 16.0. The Kier molecular flexibility index (Phi) is 4.80. The maximum atomic E-state index is 12.6. The zero-order valence-corrected chi connectivity index (χ0v) is 14.5. The van der Waals surface area contributed by atoms with Crippen molar-refractivity contribution in [1.29, 1.82) is 0 Å². The number of anilines is 1. The summed E-state index contributed by atoms with van der Waals surface area (Å²) in [7, 11) is -3.67. The van der Waals surface area contributed by atoms with E-state index in [1.54, 1.807) is 24.3 Å². The minimum Gasteiger partial charge on any atom is -0.318 e. The fourth-order valence-corrected chi connectivity index (χ4v) is 3.80. The monoisotopic (exact) mass is 358 g/mol. The summed E-state index contributed by atoms with van der Waals surface area (Å²) in [6.45, 7) is 2.02. The van der Waals surface area contributed by atoms with Crippen molar-refractivity contribution in [1.82, 2.24) is 14.2 Å². The molecule has 25 heavy (non-hydrogen) atoms. The van der Waals surface area contributed by atoms with Crippen LogP contribution < -0.4 is 5.32 Å². The SMILES string of the molecule is CCC1=CCC(S(=O)(=O)n2cc(NC(=O)c3ccccn3)cn2)C=C1. The molecule has 1 atom stereocenters. The second-order valence-corrected chi connectivity index (χ2v) is 7.59. The topological polar surface area (TPSA) is 94.0 Å². The average molecular weight is 358 g/mol. The number of pyridine rings is 1. The smallest absolute Gasteiger partial charge is 0.274 e. The van der Waals surface area contributed by atoms with Gasteiger partial charge in [0.1, 0.15) is 10.9 Å². The van der Waals surface area contributed by atoms with Crippen molar-refractivity contribution >= 4 is 21.6 Å². The second kappa shape index (κ2) is 7.02. The largest absolute Gasteiger partial charge is 0.318 e. The second-order valence-electron chi connectivity index (χ2n) is 5.58. The van der Waals surface area contributed by atoms with Crippen molar-refractivity contribution < 1.29 is 13.2 Å². The van der Waals surface area contributed by atoms with E-state index in [-0.39, 0.29) is 5.69 Å². The van der Waals surface area contributed by atoms with Crippen LogP contribution in [-0.2, 0) is 10.0 Å². The highest BCUT2D eigenvalue weighted by atomic mass is 32.2. The summed E-state index contributed by atoms with van der Waals surface area (Å²) in [5, 5.41) is 5.81. The molecular weight excluding hydrogens is 340 g/mol. The van der Waals surface area contributed by atoms with Crippen LogP contribution in [0.4, 0.5) is 5.69 Å². The van der Waals surface area contributed by atoms with E-state index in [1.165, 1.54) is 18.6 Å². The molecule has 1 aliphatic carbocycles. The number of nitrogens with one attached hydrogen (secondary N) is 1. The van der Waals surface area contributed by atoms with Gasteiger partial charge >= 0.3 is 0 Å². The quantitative estimate of drug-likeness (QED) is 0.885. The molecule has 0 spiro atoms. The fourth-order valence-electron chi connectivity index (χ4n) is 2.47. The molecule has 0 radical (unpaired) electrons. The molecule has 0 aromatic carbocycles. The van der Waals surface area contributed by atoms with Gasteiger partial charge in [0.15, 0.2) is 0 Å². The van der Waals surface area contributed by atoms with Crippen molar-refractivity contribution in [2.75, 3.05) is 5.32 Å². The van der Waals surface area contributed by atoms with Crippen molar-refractivity contribution in [3.05, 3.63) is 66.3 Å². The summed E-state index contributed by atoms with van der Waals surface area (Å²) < 4.78 is 26.2. The number of carbonyl (C=O) groups excluding carboxylic acids is 1. The molecule has 1 N–H and O–H groups in total. The van der Waals surface area contributed by atoms with E-state index in [9.17, 15) is 13.2 Å². The Bertz CT molecular complexity index is 930. The first kappa shape index (κ1) is 17.1. The van der Waals surface area contributed by atoms with Gasteiger partial charge in [0, 0.05) is 6.20 Å². The van der Waals surface area contributed by atoms with Crippen molar-refractivity contribution in [2.45, 2.75) is 25.0 Å². The van der Waals surface area contributed by atoms with E-state index in [4.69, 9.17) is 0 Å². The van der Waals surface area contributed by atoms with Gasteiger partial charge in [-0.2, -0.15) is 9.19 Å². The van der Waals surface area contributed by atoms with E-state index in [0.717, 1.165) is 16.1 Å². The van der Waals surface area contributed by atoms with E-state index in [2.05, 4.69) is 15.4 Å². The predicted octanol–water partition coefficient (Wildman–Crippen LogP) is 2.37. The molecule has 0 bridgehead atoms. The lowest BCUT2D eigenvalue weighted by Gasteiger charge is -2.16. The maximum Gasteiger partial charge on any atom is 0.274 e. The Morgan fingerprint density at radius 2 is 2.24 bits per heavy atom. The summed E-state index contributed by atoms with van der Waals surface area (Å²) in [5.41, 5.74) is 1.66. The van der Waals surface area contributed by atoms with Crippen molar-refractivity contribution in [2.24, 2.45) is 0 Å². The Balaban J connectivity index is 1.74. The van der Waals surface area contributed by atoms with Gasteiger partial charge < -0.3 is 5.32 Å². The lowest BCUT2D eigenvalue weighted by molar-refractivity contribution is 0.102. The molecular formula is C17H18N4O3S. The lowest BCUT2D eigenvalue weighted by Crippen LogP contribution is -2.27. The third-order valence-electron chi connectivity index (χ3n) is 3.90. The molecule has 130 valence electrons. The first-order valence-electron chi connectivity index (χ1n) is 7.89. The van der Waals surface area contributed by atoms with Crippen molar-refractivity contribution in [3.63, 3.8) is 0 Å². The summed E-state index contributed by atoms with van der Waals surface area (Å²) in [6.07, 6.45) is 10.8. The number of nitrogens with zero attached hydrogens (tertiary/aromatic N) is 3. The van der Waals surface area contributed by atoms with Gasteiger partial charge in [0.05, 0.1) is 18.1 Å². The molecule has 0 fully saturated rings. The highest BCUT2D eigenvalue weighted by Gasteiger charge is 2.27. The van der Waals surface area contributed by atoms with Gasteiger partial charge in [-0.05, 0) is 25.0 Å². The Hall–Kier alpha value is -2.74. The molecule has 8 heteroatoms. The highest BCUT2D eigenvalue weighted by Crippen LogP contribution is 2.21. The molecule has 3 rings (SSSR count). The van der Waals surface area contributed by atoms with Crippen molar-refractivity contribution in [3.8, 4) is 0 Å². The van der Waals surface area contributed by atoms with Crippen LogP contribution in [0.2, 0.25) is 0 Å². The molecule has 2 aromatic rings. The maximum absolute atomic E-state index is 12.6. The van der Waals surface area contributed by atoms with Crippen LogP contribution in [0.15, 0.2) is 60.6 Å². The number of aromatic nitrogens is 3. The number of amides is 1. The minimum absolute atomic E-state index is 0.241. The molecule has 7 nitrogen and oxygen atoms in total. The zero-order chi connectivity index (χ0) is 17.9. The number of carbonyl (C=O) groups is 1. The lowest BCUT2D eigenvalue weighted by atomic mass is 10.1. The van der Waals surface area contributed by atoms with Crippen LogP contribution in [0, 0.1) is 0 Å². The van der Waals surface area contributed by atoms with Crippen LogP contribution in [-0.4, -0.2) is 33.7 Å². The van der Waals surface area contributed by atoms with Gasteiger partial charge in [-0.25, -0.2) is 8.42 Å². The van der Waals surface area contributed by atoms with Crippen LogP contribution in [0.3, 0.4) is 0 Å². The minimum atomic E-state index is -3.67. The molecule has 2 aromatic heterocycles. The van der Waals surface area contributed by atoms with Gasteiger partial charge in [-0.3, -0.25) is 9.78 Å². The first-order valence-corrected chi connectivity index (χ1v) is 9.39. The Labute approximate surface area is 146 Å². The molecule has 0 aliphatic heterocycles. The third-order valence-corrected chi connectivity index (χ3v) is 5.74.